The lowest BCUT2D eigenvalue weighted by atomic mass is 9.89. The van der Waals surface area contributed by atoms with Gasteiger partial charge in [-0.25, -0.2) is 0 Å². The van der Waals surface area contributed by atoms with E-state index in [1.54, 1.807) is 6.07 Å². The van der Waals surface area contributed by atoms with Crippen molar-refractivity contribution >= 4 is 17.5 Å². The number of benzene rings is 2. The fraction of sp³-hybridized carbons (Fsp3) is 0.316. The van der Waals surface area contributed by atoms with Crippen LogP contribution in [0.3, 0.4) is 0 Å². The molecule has 0 spiro atoms. The van der Waals surface area contributed by atoms with Crippen molar-refractivity contribution < 1.29 is 9.90 Å². The number of amides is 1. The second-order valence-electron chi connectivity index (χ2n) is 6.10. The molecule has 1 unspecified atom stereocenters. The van der Waals surface area contributed by atoms with Gasteiger partial charge in [-0.2, -0.15) is 0 Å². The van der Waals surface area contributed by atoms with Crippen LogP contribution in [0.4, 0.5) is 0 Å². The molecule has 0 bridgehead atoms. The first kappa shape index (κ1) is 15.9. The van der Waals surface area contributed by atoms with Gasteiger partial charge in [0.25, 0.3) is 5.91 Å². The highest BCUT2D eigenvalue weighted by Crippen LogP contribution is 2.26. The SMILES string of the molecule is CC(NC(=O)c1ccc(O)c(Cl)c1)c1ccc2c(c1)CCCC2. The molecule has 2 aromatic carbocycles. The van der Waals surface area contributed by atoms with Crippen molar-refractivity contribution in [3.63, 3.8) is 0 Å². The molecule has 0 fully saturated rings. The molecule has 1 aliphatic carbocycles. The number of carbonyl (C=O) groups is 1. The molecule has 2 aromatic rings. The van der Waals surface area contributed by atoms with Gasteiger partial charge in [0, 0.05) is 5.56 Å². The number of halogens is 1. The highest BCUT2D eigenvalue weighted by molar-refractivity contribution is 6.32. The first-order valence-corrected chi connectivity index (χ1v) is 8.33. The second-order valence-corrected chi connectivity index (χ2v) is 6.50. The second kappa shape index (κ2) is 6.63. The van der Waals surface area contributed by atoms with Crippen molar-refractivity contribution in [3.8, 4) is 5.75 Å². The Labute approximate surface area is 141 Å². The van der Waals surface area contributed by atoms with Gasteiger partial charge in [0.2, 0.25) is 0 Å². The zero-order valence-corrected chi connectivity index (χ0v) is 13.9. The minimum absolute atomic E-state index is 0.0223. The summed E-state index contributed by atoms with van der Waals surface area (Å²) in [5.41, 5.74) is 4.40. The van der Waals surface area contributed by atoms with E-state index in [1.165, 1.54) is 36.1 Å². The van der Waals surface area contributed by atoms with Crippen LogP contribution in [0.5, 0.6) is 5.75 Å². The maximum Gasteiger partial charge on any atom is 0.251 e. The fourth-order valence-electron chi connectivity index (χ4n) is 3.03. The predicted molar refractivity (Wildman–Crippen MR) is 92.1 cm³/mol. The summed E-state index contributed by atoms with van der Waals surface area (Å²) in [6.07, 6.45) is 4.78. The average molecular weight is 330 g/mol. The highest BCUT2D eigenvalue weighted by Gasteiger charge is 2.15. The molecule has 0 aromatic heterocycles. The Morgan fingerprint density at radius 1 is 1.13 bits per heavy atom. The summed E-state index contributed by atoms with van der Waals surface area (Å²) in [5.74, 6) is -0.219. The minimum Gasteiger partial charge on any atom is -0.506 e. The number of aromatic hydroxyl groups is 1. The van der Waals surface area contributed by atoms with Gasteiger partial charge in [-0.1, -0.05) is 29.8 Å². The first-order valence-electron chi connectivity index (χ1n) is 7.95. The first-order chi connectivity index (χ1) is 11.0. The van der Waals surface area contributed by atoms with Crippen LogP contribution < -0.4 is 5.32 Å². The maximum absolute atomic E-state index is 12.3. The van der Waals surface area contributed by atoms with Crippen molar-refractivity contribution in [2.75, 3.05) is 0 Å². The minimum atomic E-state index is -0.197. The van der Waals surface area contributed by atoms with Crippen LogP contribution in [0.1, 0.15) is 52.9 Å². The third-order valence-electron chi connectivity index (χ3n) is 4.43. The van der Waals surface area contributed by atoms with Crippen LogP contribution >= 0.6 is 11.6 Å². The van der Waals surface area contributed by atoms with Crippen LogP contribution in [-0.4, -0.2) is 11.0 Å². The number of phenols is 1. The zero-order chi connectivity index (χ0) is 16.4. The topological polar surface area (TPSA) is 49.3 Å². The van der Waals surface area contributed by atoms with E-state index in [0.29, 0.717) is 5.56 Å². The molecule has 0 radical (unpaired) electrons. The van der Waals surface area contributed by atoms with Crippen molar-refractivity contribution in [3.05, 3.63) is 63.7 Å². The highest BCUT2D eigenvalue weighted by atomic mass is 35.5. The maximum atomic E-state index is 12.3. The van der Waals surface area contributed by atoms with E-state index < -0.39 is 0 Å². The smallest absolute Gasteiger partial charge is 0.251 e. The van der Waals surface area contributed by atoms with Crippen molar-refractivity contribution in [1.29, 1.82) is 0 Å². The molecule has 1 aliphatic rings. The fourth-order valence-corrected chi connectivity index (χ4v) is 3.21. The van der Waals surface area contributed by atoms with Gasteiger partial charge < -0.3 is 10.4 Å². The monoisotopic (exact) mass is 329 g/mol. The van der Waals surface area contributed by atoms with E-state index in [-0.39, 0.29) is 22.7 Å². The van der Waals surface area contributed by atoms with E-state index in [2.05, 4.69) is 23.5 Å². The number of hydrogen-bond donors (Lipinski definition) is 2. The normalized spacial score (nSPS) is 14.9. The molecule has 1 atom stereocenters. The molecule has 3 rings (SSSR count). The van der Waals surface area contributed by atoms with Gasteiger partial charge in [-0.3, -0.25) is 4.79 Å². The lowest BCUT2D eigenvalue weighted by Crippen LogP contribution is -2.26. The summed E-state index contributed by atoms with van der Waals surface area (Å²) in [6.45, 7) is 1.98. The summed E-state index contributed by atoms with van der Waals surface area (Å²) in [6, 6.07) is 10.9. The van der Waals surface area contributed by atoms with Crippen molar-refractivity contribution in [1.82, 2.24) is 5.32 Å². The summed E-state index contributed by atoms with van der Waals surface area (Å²) in [4.78, 5) is 12.3. The third kappa shape index (κ3) is 3.50. The molecule has 0 aliphatic heterocycles. The molecule has 3 nitrogen and oxygen atoms in total. The number of carbonyl (C=O) groups excluding carboxylic acids is 1. The molecule has 23 heavy (non-hydrogen) atoms. The average Bonchev–Trinajstić information content (AvgIpc) is 2.56. The molecule has 0 heterocycles. The lowest BCUT2D eigenvalue weighted by molar-refractivity contribution is 0.0940. The van der Waals surface area contributed by atoms with Crippen molar-refractivity contribution in [2.24, 2.45) is 0 Å². The number of phenolic OH excluding ortho intramolecular Hbond substituents is 1. The Bertz CT molecular complexity index is 742. The summed E-state index contributed by atoms with van der Waals surface area (Å²) in [5, 5.41) is 12.6. The third-order valence-corrected chi connectivity index (χ3v) is 4.73. The molecule has 0 saturated heterocycles. The van der Waals surface area contributed by atoms with E-state index in [9.17, 15) is 9.90 Å². The van der Waals surface area contributed by atoms with Gasteiger partial charge in [0.15, 0.2) is 0 Å². The number of hydrogen-bond acceptors (Lipinski definition) is 2. The largest absolute Gasteiger partial charge is 0.506 e. The molecule has 4 heteroatoms. The van der Waals surface area contributed by atoms with Crippen molar-refractivity contribution in [2.45, 2.75) is 38.6 Å². The van der Waals surface area contributed by atoms with Gasteiger partial charge in [0.05, 0.1) is 11.1 Å². The van der Waals surface area contributed by atoms with Gasteiger partial charge in [-0.15, -0.1) is 0 Å². The van der Waals surface area contributed by atoms with E-state index in [1.807, 2.05) is 6.92 Å². The Hall–Kier alpha value is -2.00. The molecule has 0 saturated carbocycles. The van der Waals surface area contributed by atoms with Gasteiger partial charge in [-0.05, 0) is 67.5 Å². The standard InChI is InChI=1S/C19H20ClNO2/c1-12(14-7-6-13-4-2-3-5-15(13)10-14)21-19(23)16-8-9-18(22)17(20)11-16/h6-12,22H,2-5H2,1H3,(H,21,23). The molecule has 120 valence electrons. The number of rotatable bonds is 3. The molecule has 2 N–H and O–H groups in total. The van der Waals surface area contributed by atoms with E-state index >= 15 is 0 Å². The molecular weight excluding hydrogens is 310 g/mol. The van der Waals surface area contributed by atoms with Crippen LogP contribution in [0, 0.1) is 0 Å². The quantitative estimate of drug-likeness (QED) is 0.876. The van der Waals surface area contributed by atoms with Gasteiger partial charge in [0.1, 0.15) is 5.75 Å². The Morgan fingerprint density at radius 3 is 2.61 bits per heavy atom. The van der Waals surface area contributed by atoms with E-state index in [4.69, 9.17) is 11.6 Å². The predicted octanol–water partition coefficient (Wildman–Crippen LogP) is 4.42. The summed E-state index contributed by atoms with van der Waals surface area (Å²) < 4.78 is 0. The summed E-state index contributed by atoms with van der Waals surface area (Å²) in [7, 11) is 0. The Kier molecular flexibility index (Phi) is 4.58. The number of fused-ring (bicyclic) bond motifs is 1. The number of nitrogens with one attached hydrogen (secondary N) is 1. The van der Waals surface area contributed by atoms with Crippen LogP contribution in [-0.2, 0) is 12.8 Å². The molecule has 1 amide bonds. The molecular formula is C19H20ClNO2. The van der Waals surface area contributed by atoms with Crippen LogP contribution in [0.25, 0.3) is 0 Å². The van der Waals surface area contributed by atoms with Gasteiger partial charge >= 0.3 is 0 Å². The van der Waals surface area contributed by atoms with Crippen LogP contribution in [0.2, 0.25) is 5.02 Å². The Morgan fingerprint density at radius 2 is 1.87 bits per heavy atom. The number of aryl methyl sites for hydroxylation is 2. The summed E-state index contributed by atoms with van der Waals surface area (Å²) >= 11 is 5.86. The zero-order valence-electron chi connectivity index (χ0n) is 13.1. The van der Waals surface area contributed by atoms with Crippen LogP contribution in [0.15, 0.2) is 36.4 Å². The lowest BCUT2D eigenvalue weighted by Gasteiger charge is -2.20. The Balaban J connectivity index is 1.74. The van der Waals surface area contributed by atoms with E-state index in [0.717, 1.165) is 18.4 Å².